The molecule has 0 saturated carbocycles. The number of hydrogen-bond acceptors (Lipinski definition) is 5. The third-order valence-corrected chi connectivity index (χ3v) is 6.70. The van der Waals surface area contributed by atoms with Crippen molar-refractivity contribution in [3.8, 4) is 0 Å². The number of rotatable bonds is 6. The van der Waals surface area contributed by atoms with Crippen molar-refractivity contribution in [1.82, 2.24) is 20.0 Å². The van der Waals surface area contributed by atoms with Crippen LogP contribution in [-0.4, -0.2) is 91.6 Å². The molecule has 2 fully saturated rings. The van der Waals surface area contributed by atoms with E-state index in [1.807, 2.05) is 4.90 Å². The van der Waals surface area contributed by atoms with E-state index in [9.17, 15) is 14.4 Å². The Morgan fingerprint density at radius 3 is 2.73 bits per heavy atom. The van der Waals surface area contributed by atoms with Gasteiger partial charge in [0.05, 0.1) is 17.2 Å². The van der Waals surface area contributed by atoms with Gasteiger partial charge in [0.25, 0.3) is 0 Å². The molecule has 2 saturated heterocycles. The van der Waals surface area contributed by atoms with Crippen molar-refractivity contribution < 1.29 is 19.1 Å². The molecular weight excluding hydrogens is 467 g/mol. The van der Waals surface area contributed by atoms with E-state index in [4.69, 9.17) is 23.2 Å². The van der Waals surface area contributed by atoms with Gasteiger partial charge in [-0.25, -0.2) is 4.79 Å². The number of carbonyl (C=O) groups excluding carboxylic acids is 3. The summed E-state index contributed by atoms with van der Waals surface area (Å²) in [5, 5.41) is 3.75. The van der Waals surface area contributed by atoms with E-state index in [2.05, 4.69) is 15.0 Å². The maximum atomic E-state index is 12.6. The number of ether oxygens (including phenoxy) is 1. The minimum Gasteiger partial charge on any atom is -0.453 e. The van der Waals surface area contributed by atoms with Crippen molar-refractivity contribution in [2.45, 2.75) is 25.3 Å². The highest BCUT2D eigenvalue weighted by Crippen LogP contribution is 2.23. The molecule has 2 aliphatic heterocycles. The van der Waals surface area contributed by atoms with Gasteiger partial charge in [0.2, 0.25) is 11.8 Å². The van der Waals surface area contributed by atoms with E-state index in [1.54, 1.807) is 29.2 Å². The second-order valence-electron chi connectivity index (χ2n) is 8.24. The molecule has 0 spiro atoms. The van der Waals surface area contributed by atoms with Crippen LogP contribution in [0, 0.1) is 0 Å². The lowest BCUT2D eigenvalue weighted by Gasteiger charge is -2.34. The summed E-state index contributed by atoms with van der Waals surface area (Å²) in [6.45, 7) is 4.40. The standard InChI is InChI=1S/C23H30Cl2N4O4/c1-33-23(32)26-18-3-2-9-27(16-18)11-12-29-14-13-28(10-8-22(29)31)21(30)7-5-17-4-6-19(24)20(25)15-17/h4-7,15,18H,2-3,8-14,16H2,1H3,(H,26,32). The second-order valence-corrected chi connectivity index (χ2v) is 9.05. The summed E-state index contributed by atoms with van der Waals surface area (Å²) in [6.07, 6.45) is 4.99. The van der Waals surface area contributed by atoms with E-state index in [-0.39, 0.29) is 17.9 Å². The zero-order valence-corrected chi connectivity index (χ0v) is 20.3. The first-order valence-electron chi connectivity index (χ1n) is 11.1. The normalized spacial score (nSPS) is 20.1. The molecule has 1 aromatic carbocycles. The third kappa shape index (κ3) is 7.62. The number of hydrogen-bond donors (Lipinski definition) is 1. The Morgan fingerprint density at radius 1 is 1.15 bits per heavy atom. The van der Waals surface area contributed by atoms with Gasteiger partial charge in [0.15, 0.2) is 0 Å². The Labute approximate surface area is 204 Å². The van der Waals surface area contributed by atoms with Gasteiger partial charge >= 0.3 is 6.09 Å². The van der Waals surface area contributed by atoms with Gasteiger partial charge in [-0.15, -0.1) is 0 Å². The summed E-state index contributed by atoms with van der Waals surface area (Å²) in [5.41, 5.74) is 0.784. The minimum absolute atomic E-state index is 0.0556. The summed E-state index contributed by atoms with van der Waals surface area (Å²) in [7, 11) is 1.36. The molecule has 2 heterocycles. The molecule has 33 heavy (non-hydrogen) atoms. The molecule has 3 amide bonds. The summed E-state index contributed by atoms with van der Waals surface area (Å²) < 4.78 is 4.68. The number of alkyl carbamates (subject to hydrolysis) is 1. The molecule has 0 radical (unpaired) electrons. The van der Waals surface area contributed by atoms with Crippen LogP contribution in [0.4, 0.5) is 4.79 Å². The Balaban J connectivity index is 1.48. The fourth-order valence-corrected chi connectivity index (χ4v) is 4.38. The molecule has 1 unspecified atom stereocenters. The smallest absolute Gasteiger partial charge is 0.407 e. The Morgan fingerprint density at radius 2 is 1.97 bits per heavy atom. The molecule has 1 aromatic rings. The molecule has 0 aliphatic carbocycles. The molecule has 3 rings (SSSR count). The largest absolute Gasteiger partial charge is 0.453 e. The van der Waals surface area contributed by atoms with E-state index in [1.165, 1.54) is 13.2 Å². The van der Waals surface area contributed by atoms with E-state index in [0.717, 1.165) is 38.0 Å². The van der Waals surface area contributed by atoms with Crippen molar-refractivity contribution >= 4 is 47.2 Å². The first-order chi connectivity index (χ1) is 15.9. The summed E-state index contributed by atoms with van der Waals surface area (Å²) in [5.74, 6) is -0.0801. The van der Waals surface area contributed by atoms with Gasteiger partial charge in [0, 0.05) is 57.8 Å². The Bertz CT molecular complexity index is 895. The number of nitrogens with one attached hydrogen (secondary N) is 1. The molecule has 1 N–H and O–H groups in total. The average Bonchev–Trinajstić information content (AvgIpc) is 2.99. The van der Waals surface area contributed by atoms with Gasteiger partial charge in [0.1, 0.15) is 0 Å². The van der Waals surface area contributed by atoms with Crippen molar-refractivity contribution in [3.05, 3.63) is 39.9 Å². The first-order valence-corrected chi connectivity index (χ1v) is 11.9. The summed E-state index contributed by atoms with van der Waals surface area (Å²) in [6, 6.07) is 5.23. The second kappa shape index (κ2) is 12.3. The summed E-state index contributed by atoms with van der Waals surface area (Å²) in [4.78, 5) is 42.5. The molecule has 10 heteroatoms. The predicted molar refractivity (Wildman–Crippen MR) is 128 cm³/mol. The lowest BCUT2D eigenvalue weighted by atomic mass is 10.1. The molecule has 2 aliphatic rings. The van der Waals surface area contributed by atoms with Crippen molar-refractivity contribution in [2.75, 3.05) is 52.9 Å². The van der Waals surface area contributed by atoms with E-state index < -0.39 is 6.09 Å². The lowest BCUT2D eigenvalue weighted by molar-refractivity contribution is -0.130. The zero-order valence-electron chi connectivity index (χ0n) is 18.8. The van der Waals surface area contributed by atoms with Gasteiger partial charge in [-0.05, 0) is 43.2 Å². The highest BCUT2D eigenvalue weighted by molar-refractivity contribution is 6.42. The maximum Gasteiger partial charge on any atom is 0.407 e. The number of piperidine rings is 1. The van der Waals surface area contributed by atoms with Crippen LogP contribution in [0.25, 0.3) is 6.08 Å². The van der Waals surface area contributed by atoms with Crippen LogP contribution in [0.1, 0.15) is 24.8 Å². The van der Waals surface area contributed by atoms with E-state index >= 15 is 0 Å². The lowest BCUT2D eigenvalue weighted by Crippen LogP contribution is -2.49. The average molecular weight is 497 g/mol. The Hall–Kier alpha value is -2.29. The fourth-order valence-electron chi connectivity index (χ4n) is 4.08. The number of nitrogens with zero attached hydrogens (tertiary/aromatic N) is 3. The van der Waals surface area contributed by atoms with Crippen LogP contribution in [0.2, 0.25) is 10.0 Å². The van der Waals surface area contributed by atoms with Crippen LogP contribution in [-0.2, 0) is 14.3 Å². The summed E-state index contributed by atoms with van der Waals surface area (Å²) >= 11 is 11.9. The number of carbonyl (C=O) groups is 3. The quantitative estimate of drug-likeness (QED) is 0.612. The number of methoxy groups -OCH3 is 1. The maximum absolute atomic E-state index is 12.6. The van der Waals surface area contributed by atoms with Gasteiger partial charge in [-0.1, -0.05) is 29.3 Å². The topological polar surface area (TPSA) is 82.2 Å². The van der Waals surface area contributed by atoms with Crippen LogP contribution in [0.5, 0.6) is 0 Å². The number of halogens is 2. The van der Waals surface area contributed by atoms with Crippen molar-refractivity contribution in [2.24, 2.45) is 0 Å². The van der Waals surface area contributed by atoms with Crippen LogP contribution < -0.4 is 5.32 Å². The molecular formula is C23H30Cl2N4O4. The number of amides is 3. The first kappa shape index (κ1) is 25.3. The Kier molecular flexibility index (Phi) is 9.41. The van der Waals surface area contributed by atoms with Crippen LogP contribution in [0.15, 0.2) is 24.3 Å². The van der Waals surface area contributed by atoms with Gasteiger partial charge in [-0.2, -0.15) is 0 Å². The number of benzene rings is 1. The minimum atomic E-state index is -0.414. The highest BCUT2D eigenvalue weighted by atomic mass is 35.5. The fraction of sp³-hybridized carbons (Fsp3) is 0.522. The highest BCUT2D eigenvalue weighted by Gasteiger charge is 2.25. The SMILES string of the molecule is COC(=O)NC1CCCN(CCN2CCN(C(=O)C=Cc3ccc(Cl)c(Cl)c3)CCC2=O)C1. The van der Waals surface area contributed by atoms with E-state index in [0.29, 0.717) is 42.6 Å². The van der Waals surface area contributed by atoms with Crippen molar-refractivity contribution in [3.63, 3.8) is 0 Å². The molecule has 0 bridgehead atoms. The van der Waals surface area contributed by atoms with Crippen LogP contribution >= 0.6 is 23.2 Å². The molecule has 8 nitrogen and oxygen atoms in total. The van der Waals surface area contributed by atoms with Gasteiger partial charge in [-0.3, -0.25) is 14.5 Å². The molecule has 0 aromatic heterocycles. The molecule has 180 valence electrons. The predicted octanol–water partition coefficient (Wildman–Crippen LogP) is 2.89. The molecule has 1 atom stereocenters. The zero-order chi connectivity index (χ0) is 23.8. The van der Waals surface area contributed by atoms with Crippen molar-refractivity contribution in [1.29, 1.82) is 0 Å². The van der Waals surface area contributed by atoms with Crippen LogP contribution in [0.3, 0.4) is 0 Å². The monoisotopic (exact) mass is 496 g/mol. The van der Waals surface area contributed by atoms with Gasteiger partial charge < -0.3 is 19.9 Å². The number of likely N-dealkylation sites (tertiary alicyclic amines) is 1. The third-order valence-electron chi connectivity index (χ3n) is 5.96.